The van der Waals surface area contributed by atoms with Gasteiger partial charge >= 0.3 is 6.18 Å². The van der Waals surface area contributed by atoms with Gasteiger partial charge in [0, 0.05) is 13.1 Å². The van der Waals surface area contributed by atoms with Gasteiger partial charge in [0.15, 0.2) is 5.16 Å². The monoisotopic (exact) mass is 372 g/mol. The summed E-state index contributed by atoms with van der Waals surface area (Å²) in [5.41, 5.74) is 1.19. The first kappa shape index (κ1) is 19.3. The third-order valence-corrected chi connectivity index (χ3v) is 4.56. The predicted octanol–water partition coefficient (Wildman–Crippen LogP) is 3.06. The summed E-state index contributed by atoms with van der Waals surface area (Å²) in [6.45, 7) is 1.90. The number of halogens is 3. The van der Waals surface area contributed by atoms with Crippen molar-refractivity contribution in [2.75, 3.05) is 5.75 Å². The van der Waals surface area contributed by atoms with Gasteiger partial charge in [0.1, 0.15) is 0 Å². The van der Waals surface area contributed by atoms with Gasteiger partial charge in [0.25, 0.3) is 0 Å². The maximum Gasteiger partial charge on any atom is 0.451 e. The number of aromatic nitrogens is 3. The Morgan fingerprint density at radius 3 is 2.56 bits per heavy atom. The lowest BCUT2D eigenvalue weighted by atomic mass is 10.1. The predicted molar refractivity (Wildman–Crippen MR) is 89.1 cm³/mol. The molecule has 2 rings (SSSR count). The summed E-state index contributed by atoms with van der Waals surface area (Å²) in [5.74, 6) is -1.34. The second-order valence-electron chi connectivity index (χ2n) is 5.64. The molecule has 0 saturated carbocycles. The Bertz CT molecular complexity index is 703. The second kappa shape index (κ2) is 8.37. The van der Waals surface area contributed by atoms with Crippen LogP contribution in [0.2, 0.25) is 0 Å². The van der Waals surface area contributed by atoms with Crippen LogP contribution in [0.4, 0.5) is 13.2 Å². The van der Waals surface area contributed by atoms with Crippen LogP contribution in [0.25, 0.3) is 0 Å². The number of hydrogen-bond acceptors (Lipinski definition) is 4. The van der Waals surface area contributed by atoms with Crippen molar-refractivity contribution in [3.63, 3.8) is 0 Å². The normalized spacial score (nSPS) is 12.8. The summed E-state index contributed by atoms with van der Waals surface area (Å²) in [7, 11) is 1.23. The molecule has 0 aliphatic carbocycles. The highest BCUT2D eigenvalue weighted by molar-refractivity contribution is 7.99. The van der Waals surface area contributed by atoms with E-state index in [0.717, 1.165) is 29.2 Å². The van der Waals surface area contributed by atoms with Crippen LogP contribution >= 0.6 is 11.8 Å². The molecule has 0 saturated heterocycles. The quantitative estimate of drug-likeness (QED) is 0.759. The fourth-order valence-electron chi connectivity index (χ4n) is 2.23. The molecule has 1 aromatic carbocycles. The molecular weight excluding hydrogens is 353 g/mol. The van der Waals surface area contributed by atoms with E-state index in [1.165, 1.54) is 12.6 Å². The SMILES string of the molecule is C[C@@H](CCc1ccccc1)NC(=O)CSc1nnc(C(F)(F)F)n1C. The minimum atomic E-state index is -4.56. The van der Waals surface area contributed by atoms with E-state index < -0.39 is 12.0 Å². The fraction of sp³-hybridized carbons (Fsp3) is 0.438. The summed E-state index contributed by atoms with van der Waals surface area (Å²) in [4.78, 5) is 11.9. The molecule has 0 unspecified atom stereocenters. The Morgan fingerprint density at radius 2 is 1.96 bits per heavy atom. The van der Waals surface area contributed by atoms with Crippen molar-refractivity contribution in [3.8, 4) is 0 Å². The Balaban J connectivity index is 1.78. The van der Waals surface area contributed by atoms with Crippen LogP contribution in [0.5, 0.6) is 0 Å². The molecule has 136 valence electrons. The lowest BCUT2D eigenvalue weighted by molar-refractivity contribution is -0.147. The first-order valence-corrected chi connectivity index (χ1v) is 8.68. The number of aryl methyl sites for hydroxylation is 1. The molecule has 1 amide bonds. The molecular formula is C16H19F3N4OS. The molecule has 0 aliphatic heterocycles. The second-order valence-corrected chi connectivity index (χ2v) is 6.59. The molecule has 0 bridgehead atoms. The van der Waals surface area contributed by atoms with Crippen LogP contribution < -0.4 is 5.32 Å². The van der Waals surface area contributed by atoms with E-state index >= 15 is 0 Å². The van der Waals surface area contributed by atoms with E-state index in [1.54, 1.807) is 0 Å². The van der Waals surface area contributed by atoms with Crippen molar-refractivity contribution in [3.05, 3.63) is 41.7 Å². The number of carbonyl (C=O) groups is 1. The Labute approximate surface area is 148 Å². The average molecular weight is 372 g/mol. The van der Waals surface area contributed by atoms with Crippen molar-refractivity contribution in [2.24, 2.45) is 7.05 Å². The molecule has 0 radical (unpaired) electrons. The highest BCUT2D eigenvalue weighted by atomic mass is 32.2. The van der Waals surface area contributed by atoms with E-state index in [2.05, 4.69) is 15.5 Å². The molecule has 0 aliphatic rings. The van der Waals surface area contributed by atoms with Crippen molar-refractivity contribution in [1.82, 2.24) is 20.1 Å². The molecule has 5 nitrogen and oxygen atoms in total. The molecule has 1 N–H and O–H groups in total. The van der Waals surface area contributed by atoms with Gasteiger partial charge in [-0.1, -0.05) is 42.1 Å². The average Bonchev–Trinajstić information content (AvgIpc) is 2.93. The zero-order valence-electron chi connectivity index (χ0n) is 13.9. The summed E-state index contributed by atoms with van der Waals surface area (Å²) >= 11 is 0.926. The van der Waals surface area contributed by atoms with Gasteiger partial charge in [-0.3, -0.25) is 4.79 Å². The molecule has 0 fully saturated rings. The fourth-order valence-corrected chi connectivity index (χ4v) is 2.96. The Morgan fingerprint density at radius 1 is 1.28 bits per heavy atom. The van der Waals surface area contributed by atoms with E-state index in [-0.39, 0.29) is 22.9 Å². The molecule has 1 heterocycles. The molecule has 1 atom stereocenters. The van der Waals surface area contributed by atoms with Gasteiger partial charge in [-0.25, -0.2) is 0 Å². The summed E-state index contributed by atoms with van der Waals surface area (Å²) < 4.78 is 38.8. The first-order valence-electron chi connectivity index (χ1n) is 7.70. The van der Waals surface area contributed by atoms with E-state index in [4.69, 9.17) is 0 Å². The molecule has 1 aromatic heterocycles. The lowest BCUT2D eigenvalue weighted by Gasteiger charge is -2.13. The molecule has 9 heteroatoms. The topological polar surface area (TPSA) is 59.8 Å². The number of thioether (sulfide) groups is 1. The van der Waals surface area contributed by atoms with Crippen LogP contribution in [0, 0.1) is 0 Å². The van der Waals surface area contributed by atoms with Gasteiger partial charge in [-0.15, -0.1) is 10.2 Å². The van der Waals surface area contributed by atoms with Crippen molar-refractivity contribution < 1.29 is 18.0 Å². The maximum atomic E-state index is 12.6. The number of carbonyl (C=O) groups excluding carboxylic acids is 1. The van der Waals surface area contributed by atoms with Crippen LogP contribution in [-0.2, 0) is 24.4 Å². The third kappa shape index (κ3) is 5.77. The zero-order chi connectivity index (χ0) is 18.4. The lowest BCUT2D eigenvalue weighted by Crippen LogP contribution is -2.34. The smallest absolute Gasteiger partial charge is 0.353 e. The standard InChI is InChI=1S/C16H19F3N4OS/c1-11(8-9-12-6-4-3-5-7-12)20-13(24)10-25-15-22-21-14(23(15)2)16(17,18)19/h3-7,11H,8-10H2,1-2H3,(H,20,24)/t11-/m0/s1. The Kier molecular flexibility index (Phi) is 6.46. The van der Waals surface area contributed by atoms with Gasteiger partial charge in [0.05, 0.1) is 5.75 Å². The molecule has 2 aromatic rings. The highest BCUT2D eigenvalue weighted by Crippen LogP contribution is 2.29. The number of nitrogens with zero attached hydrogens (tertiary/aromatic N) is 3. The summed E-state index contributed by atoms with van der Waals surface area (Å²) in [6.07, 6.45) is -2.94. The van der Waals surface area contributed by atoms with E-state index in [1.807, 2.05) is 37.3 Å². The number of alkyl halides is 3. The highest BCUT2D eigenvalue weighted by Gasteiger charge is 2.37. The Hall–Kier alpha value is -2.03. The van der Waals surface area contributed by atoms with Gasteiger partial charge in [-0.05, 0) is 25.3 Å². The van der Waals surface area contributed by atoms with Crippen LogP contribution in [0.15, 0.2) is 35.5 Å². The van der Waals surface area contributed by atoms with Gasteiger partial charge < -0.3 is 9.88 Å². The number of benzene rings is 1. The van der Waals surface area contributed by atoms with Crippen LogP contribution in [0.3, 0.4) is 0 Å². The minimum Gasteiger partial charge on any atom is -0.353 e. The number of amides is 1. The zero-order valence-corrected chi connectivity index (χ0v) is 14.7. The van der Waals surface area contributed by atoms with Crippen molar-refractivity contribution in [1.29, 1.82) is 0 Å². The minimum absolute atomic E-state index is 0.0144. The van der Waals surface area contributed by atoms with Crippen LogP contribution in [-0.4, -0.2) is 32.5 Å². The van der Waals surface area contributed by atoms with Crippen molar-refractivity contribution in [2.45, 2.75) is 37.1 Å². The van der Waals surface area contributed by atoms with Crippen LogP contribution in [0.1, 0.15) is 24.7 Å². The largest absolute Gasteiger partial charge is 0.451 e. The summed E-state index contributed by atoms with van der Waals surface area (Å²) in [5, 5.41) is 9.50. The number of nitrogens with one attached hydrogen (secondary N) is 1. The summed E-state index contributed by atoms with van der Waals surface area (Å²) in [6, 6.07) is 9.89. The number of rotatable bonds is 7. The molecule has 25 heavy (non-hydrogen) atoms. The first-order chi connectivity index (χ1) is 11.8. The van der Waals surface area contributed by atoms with E-state index in [9.17, 15) is 18.0 Å². The number of hydrogen-bond donors (Lipinski definition) is 1. The van der Waals surface area contributed by atoms with E-state index in [0.29, 0.717) is 0 Å². The van der Waals surface area contributed by atoms with Gasteiger partial charge in [-0.2, -0.15) is 13.2 Å². The van der Waals surface area contributed by atoms with Gasteiger partial charge in [0.2, 0.25) is 11.7 Å². The van der Waals surface area contributed by atoms with Crippen molar-refractivity contribution >= 4 is 17.7 Å². The molecule has 0 spiro atoms. The third-order valence-electron chi connectivity index (χ3n) is 3.54. The maximum absolute atomic E-state index is 12.6.